The maximum absolute atomic E-state index is 6.25. The Balaban J connectivity index is 1.81. The van der Waals surface area contributed by atoms with Crippen LogP contribution in [-0.2, 0) is 0 Å². The van der Waals surface area contributed by atoms with Gasteiger partial charge in [-0.1, -0.05) is 130 Å². The van der Waals surface area contributed by atoms with Crippen LogP contribution >= 0.6 is 11.6 Å². The Morgan fingerprint density at radius 1 is 0.485 bits per heavy atom. The second-order valence-corrected chi connectivity index (χ2v) is 9.29. The molecule has 0 radical (unpaired) electrons. The molecule has 0 aliphatic carbocycles. The van der Waals surface area contributed by atoms with Gasteiger partial charge in [-0.05, 0) is 60.4 Å². The molecule has 0 atom stereocenters. The lowest BCUT2D eigenvalue weighted by Gasteiger charge is -2.22. The maximum Gasteiger partial charge on any atom is 0.242 e. The van der Waals surface area contributed by atoms with Gasteiger partial charge in [0.05, 0.1) is 0 Å². The smallest absolute Gasteiger partial charge is 0.0843 e. The Hall–Kier alpha value is -3.29. The summed E-state index contributed by atoms with van der Waals surface area (Å²) < 4.78 is 0. The summed E-state index contributed by atoms with van der Waals surface area (Å²) in [6.07, 6.45) is 0. The third-order valence-corrected chi connectivity index (χ3v) is 6.98. The van der Waals surface area contributed by atoms with Gasteiger partial charge < -0.3 is 0 Å². The van der Waals surface area contributed by atoms with Crippen molar-refractivity contribution in [1.82, 2.24) is 0 Å². The van der Waals surface area contributed by atoms with Crippen LogP contribution in [0.4, 0.5) is 0 Å². The summed E-state index contributed by atoms with van der Waals surface area (Å²) in [6.45, 7) is 6.73. The second kappa shape index (κ2) is 8.92. The normalized spacial score (nSPS) is 11.0. The number of rotatable bonds is 4. The van der Waals surface area contributed by atoms with Crippen LogP contribution in [0.25, 0.3) is 21.9 Å². The molecule has 160 valence electrons. The lowest BCUT2D eigenvalue weighted by Crippen LogP contribution is -2.54. The van der Waals surface area contributed by atoms with Crippen LogP contribution in [0, 0.1) is 20.8 Å². The van der Waals surface area contributed by atoms with Gasteiger partial charge >= 0.3 is 0 Å². The Labute approximate surface area is 202 Å². The fourth-order valence-corrected chi connectivity index (χ4v) is 5.29. The minimum Gasteiger partial charge on any atom is -0.0843 e. The highest BCUT2D eigenvalue weighted by atomic mass is 35.5. The van der Waals surface area contributed by atoms with Gasteiger partial charge in [-0.2, -0.15) is 0 Å². The van der Waals surface area contributed by atoms with Crippen molar-refractivity contribution in [3.63, 3.8) is 0 Å². The van der Waals surface area contributed by atoms with E-state index in [-0.39, 0.29) is 6.71 Å². The number of halogens is 1. The molecular weight excluding hydrogens is 419 g/mol. The molecule has 0 heterocycles. The van der Waals surface area contributed by atoms with Crippen molar-refractivity contribution in [3.8, 4) is 11.1 Å². The third-order valence-electron chi connectivity index (χ3n) is 6.75. The van der Waals surface area contributed by atoms with E-state index in [0.29, 0.717) is 0 Å². The van der Waals surface area contributed by atoms with Gasteiger partial charge in [0.1, 0.15) is 0 Å². The monoisotopic (exact) mass is 444 g/mol. The van der Waals surface area contributed by atoms with Gasteiger partial charge in [-0.25, -0.2) is 0 Å². The van der Waals surface area contributed by atoms with E-state index in [1.807, 2.05) is 12.1 Å². The summed E-state index contributed by atoms with van der Waals surface area (Å²) in [6, 6.07) is 37.1. The molecule has 0 nitrogen and oxygen atoms in total. The molecule has 0 bridgehead atoms. The molecule has 0 saturated heterocycles. The largest absolute Gasteiger partial charge is 0.242 e. The van der Waals surface area contributed by atoms with Crippen molar-refractivity contribution in [1.29, 1.82) is 0 Å². The van der Waals surface area contributed by atoms with Crippen LogP contribution < -0.4 is 16.4 Å². The van der Waals surface area contributed by atoms with Crippen LogP contribution in [-0.4, -0.2) is 6.71 Å². The Morgan fingerprint density at radius 3 is 1.64 bits per heavy atom. The van der Waals surface area contributed by atoms with Gasteiger partial charge in [0.25, 0.3) is 0 Å². The Bertz CT molecular complexity index is 1420. The van der Waals surface area contributed by atoms with Gasteiger partial charge in [0, 0.05) is 5.02 Å². The molecule has 33 heavy (non-hydrogen) atoms. The van der Waals surface area contributed by atoms with E-state index in [9.17, 15) is 0 Å². The number of hydrogen-bond acceptors (Lipinski definition) is 0. The molecule has 5 aromatic rings. The fraction of sp³-hybridized carbons (Fsp3) is 0.0968. The van der Waals surface area contributed by atoms with E-state index in [1.165, 1.54) is 55.0 Å². The standard InChI is InChI=1S/C31H26BCl/c1-21-10-4-8-14-29(21)32(30-15-9-5-11-22(30)2)31-19-18-27(26-12-6-7-13-28(26)31)25-17-16-24(33)20-23(25)3/h4-20H,1-3H3. The van der Waals surface area contributed by atoms with Crippen molar-refractivity contribution < 1.29 is 0 Å². The number of fused-ring (bicyclic) bond motifs is 1. The first-order valence-electron chi connectivity index (χ1n) is 11.4. The molecule has 0 spiro atoms. The van der Waals surface area contributed by atoms with Crippen LogP contribution in [0.1, 0.15) is 16.7 Å². The molecule has 0 aliphatic heterocycles. The Morgan fingerprint density at radius 2 is 1.03 bits per heavy atom. The molecule has 0 amide bonds. The molecule has 0 aliphatic rings. The van der Waals surface area contributed by atoms with Crippen LogP contribution in [0.2, 0.25) is 5.02 Å². The summed E-state index contributed by atoms with van der Waals surface area (Å²) in [5.74, 6) is 0. The molecule has 0 aromatic heterocycles. The summed E-state index contributed by atoms with van der Waals surface area (Å²) >= 11 is 6.25. The van der Waals surface area contributed by atoms with Gasteiger partial charge in [0.15, 0.2) is 0 Å². The zero-order valence-corrected chi connectivity index (χ0v) is 20.0. The van der Waals surface area contributed by atoms with E-state index in [2.05, 4.69) is 112 Å². The summed E-state index contributed by atoms with van der Waals surface area (Å²) in [5.41, 5.74) is 10.3. The third kappa shape index (κ3) is 3.98. The zero-order valence-electron chi connectivity index (χ0n) is 19.3. The maximum atomic E-state index is 6.25. The van der Waals surface area contributed by atoms with Crippen molar-refractivity contribution in [2.24, 2.45) is 0 Å². The second-order valence-electron chi connectivity index (χ2n) is 8.85. The lowest BCUT2D eigenvalue weighted by atomic mass is 9.35. The van der Waals surface area contributed by atoms with Gasteiger partial charge in [-0.3, -0.25) is 0 Å². The molecule has 2 heteroatoms. The van der Waals surface area contributed by atoms with Crippen LogP contribution in [0.5, 0.6) is 0 Å². The topological polar surface area (TPSA) is 0 Å². The van der Waals surface area contributed by atoms with Crippen LogP contribution in [0.3, 0.4) is 0 Å². The first kappa shape index (κ1) is 21.6. The molecule has 0 fully saturated rings. The van der Waals surface area contributed by atoms with E-state index in [0.717, 1.165) is 5.02 Å². The Kier molecular flexibility index (Phi) is 5.83. The van der Waals surface area contributed by atoms with E-state index < -0.39 is 0 Å². The average molecular weight is 445 g/mol. The quantitative estimate of drug-likeness (QED) is 0.274. The van der Waals surface area contributed by atoms with Crippen molar-refractivity contribution >= 4 is 45.5 Å². The van der Waals surface area contributed by atoms with E-state index in [1.54, 1.807) is 0 Å². The van der Waals surface area contributed by atoms with E-state index in [4.69, 9.17) is 11.6 Å². The lowest BCUT2D eigenvalue weighted by molar-refractivity contribution is 1.47. The van der Waals surface area contributed by atoms with Crippen molar-refractivity contribution in [3.05, 3.63) is 125 Å². The van der Waals surface area contributed by atoms with Gasteiger partial charge in [-0.15, -0.1) is 0 Å². The molecule has 5 aromatic carbocycles. The minimum absolute atomic E-state index is 0.165. The molecule has 0 N–H and O–H groups in total. The van der Waals surface area contributed by atoms with Crippen molar-refractivity contribution in [2.75, 3.05) is 0 Å². The summed E-state index contributed by atoms with van der Waals surface area (Å²) in [7, 11) is 0. The SMILES string of the molecule is Cc1ccccc1B(c1ccccc1C)c1ccc(-c2ccc(Cl)cc2C)c2ccccc12. The molecule has 5 rings (SSSR count). The van der Waals surface area contributed by atoms with Crippen molar-refractivity contribution in [2.45, 2.75) is 20.8 Å². The first-order valence-corrected chi connectivity index (χ1v) is 11.8. The average Bonchev–Trinajstić information content (AvgIpc) is 2.82. The van der Waals surface area contributed by atoms with Gasteiger partial charge in [0.2, 0.25) is 6.71 Å². The highest BCUT2D eigenvalue weighted by molar-refractivity contribution is 6.97. The predicted molar refractivity (Wildman–Crippen MR) is 146 cm³/mol. The summed E-state index contributed by atoms with van der Waals surface area (Å²) in [4.78, 5) is 0. The number of benzene rings is 5. The minimum atomic E-state index is 0.165. The molecule has 0 saturated carbocycles. The van der Waals surface area contributed by atoms with Crippen LogP contribution in [0.15, 0.2) is 103 Å². The predicted octanol–water partition coefficient (Wildman–Crippen LogP) is 6.60. The molecular formula is C31H26BCl. The highest BCUT2D eigenvalue weighted by Gasteiger charge is 2.26. The molecule has 0 unspecified atom stereocenters. The highest BCUT2D eigenvalue weighted by Crippen LogP contribution is 2.31. The van der Waals surface area contributed by atoms with E-state index >= 15 is 0 Å². The summed E-state index contributed by atoms with van der Waals surface area (Å²) in [5, 5.41) is 3.34. The first-order chi connectivity index (χ1) is 16.0. The number of hydrogen-bond donors (Lipinski definition) is 0. The fourth-order valence-electron chi connectivity index (χ4n) is 5.06. The zero-order chi connectivity index (χ0) is 22.9. The number of aryl methyl sites for hydroxylation is 3.